The SMILES string of the molecule is COc1cc(CO)ccc1NC(C)=O. The van der Waals surface area contributed by atoms with Crippen molar-refractivity contribution < 1.29 is 14.6 Å². The van der Waals surface area contributed by atoms with Crippen LogP contribution in [0.25, 0.3) is 0 Å². The first-order valence-corrected chi connectivity index (χ1v) is 4.22. The zero-order valence-electron chi connectivity index (χ0n) is 8.20. The molecule has 0 saturated carbocycles. The fourth-order valence-corrected chi connectivity index (χ4v) is 1.13. The van der Waals surface area contributed by atoms with Crippen LogP contribution in [0.1, 0.15) is 12.5 Å². The summed E-state index contributed by atoms with van der Waals surface area (Å²) in [5.74, 6) is 0.395. The Kier molecular flexibility index (Phi) is 3.48. The minimum absolute atomic E-state index is 0.0449. The Morgan fingerprint density at radius 2 is 2.29 bits per heavy atom. The summed E-state index contributed by atoms with van der Waals surface area (Å²) in [7, 11) is 1.52. The second kappa shape index (κ2) is 4.62. The van der Waals surface area contributed by atoms with Crippen molar-refractivity contribution in [3.8, 4) is 5.75 Å². The van der Waals surface area contributed by atoms with Gasteiger partial charge >= 0.3 is 0 Å². The minimum atomic E-state index is -0.153. The second-order valence-corrected chi connectivity index (χ2v) is 2.87. The van der Waals surface area contributed by atoms with Gasteiger partial charge in [0.2, 0.25) is 5.91 Å². The Morgan fingerprint density at radius 3 is 2.79 bits per heavy atom. The number of nitrogens with one attached hydrogen (secondary N) is 1. The zero-order valence-corrected chi connectivity index (χ0v) is 8.20. The van der Waals surface area contributed by atoms with Gasteiger partial charge in [-0.05, 0) is 17.7 Å². The molecular formula is C10H13NO3. The first-order chi connectivity index (χ1) is 6.67. The molecular weight excluding hydrogens is 182 g/mol. The number of carbonyl (C=O) groups is 1. The number of benzene rings is 1. The molecule has 0 bridgehead atoms. The van der Waals surface area contributed by atoms with Gasteiger partial charge in [-0.3, -0.25) is 4.79 Å². The Labute approximate surface area is 82.5 Å². The molecule has 0 aliphatic heterocycles. The van der Waals surface area contributed by atoms with E-state index >= 15 is 0 Å². The lowest BCUT2D eigenvalue weighted by Crippen LogP contribution is -2.07. The highest BCUT2D eigenvalue weighted by Crippen LogP contribution is 2.25. The minimum Gasteiger partial charge on any atom is -0.495 e. The maximum absolute atomic E-state index is 10.8. The first kappa shape index (κ1) is 10.5. The molecule has 1 rings (SSSR count). The normalized spacial score (nSPS) is 9.64. The van der Waals surface area contributed by atoms with Crippen molar-refractivity contribution in [3.63, 3.8) is 0 Å². The number of carbonyl (C=O) groups excluding carboxylic acids is 1. The molecule has 0 aromatic heterocycles. The third kappa shape index (κ3) is 2.47. The molecule has 4 nitrogen and oxygen atoms in total. The van der Waals surface area contributed by atoms with E-state index in [0.717, 1.165) is 5.56 Å². The zero-order chi connectivity index (χ0) is 10.6. The van der Waals surface area contributed by atoms with Crippen LogP contribution in [-0.2, 0) is 11.4 Å². The summed E-state index contributed by atoms with van der Waals surface area (Å²) in [6.45, 7) is 1.39. The molecule has 0 radical (unpaired) electrons. The average molecular weight is 195 g/mol. The number of anilines is 1. The van der Waals surface area contributed by atoms with Gasteiger partial charge in [-0.25, -0.2) is 0 Å². The van der Waals surface area contributed by atoms with Crippen LogP contribution in [0.4, 0.5) is 5.69 Å². The topological polar surface area (TPSA) is 58.6 Å². The van der Waals surface area contributed by atoms with Gasteiger partial charge in [-0.1, -0.05) is 6.07 Å². The first-order valence-electron chi connectivity index (χ1n) is 4.22. The molecule has 0 unspecified atom stereocenters. The number of ether oxygens (including phenoxy) is 1. The Balaban J connectivity index is 2.98. The van der Waals surface area contributed by atoms with Gasteiger partial charge in [-0.15, -0.1) is 0 Å². The second-order valence-electron chi connectivity index (χ2n) is 2.87. The van der Waals surface area contributed by atoms with E-state index in [1.54, 1.807) is 18.2 Å². The molecule has 0 spiro atoms. The van der Waals surface area contributed by atoms with Crippen LogP contribution in [0, 0.1) is 0 Å². The van der Waals surface area contributed by atoms with E-state index in [-0.39, 0.29) is 12.5 Å². The number of aliphatic hydroxyl groups is 1. The van der Waals surface area contributed by atoms with E-state index in [9.17, 15) is 4.79 Å². The van der Waals surface area contributed by atoms with Crippen LogP contribution in [0.15, 0.2) is 18.2 Å². The number of methoxy groups -OCH3 is 1. The van der Waals surface area contributed by atoms with Crippen molar-refractivity contribution in [2.75, 3.05) is 12.4 Å². The van der Waals surface area contributed by atoms with E-state index in [4.69, 9.17) is 9.84 Å². The van der Waals surface area contributed by atoms with Crippen LogP contribution in [0.5, 0.6) is 5.75 Å². The van der Waals surface area contributed by atoms with E-state index in [1.807, 2.05) is 0 Å². The van der Waals surface area contributed by atoms with Crippen molar-refractivity contribution in [1.82, 2.24) is 0 Å². The molecule has 1 aromatic carbocycles. The maximum Gasteiger partial charge on any atom is 0.221 e. The fourth-order valence-electron chi connectivity index (χ4n) is 1.13. The summed E-state index contributed by atoms with van der Waals surface area (Å²) in [4.78, 5) is 10.8. The van der Waals surface area contributed by atoms with Crippen LogP contribution in [0.3, 0.4) is 0 Å². The van der Waals surface area contributed by atoms with Gasteiger partial charge in [0.15, 0.2) is 0 Å². The fraction of sp³-hybridized carbons (Fsp3) is 0.300. The molecule has 1 aromatic rings. The highest BCUT2D eigenvalue weighted by atomic mass is 16.5. The van der Waals surface area contributed by atoms with Gasteiger partial charge in [0, 0.05) is 6.92 Å². The Morgan fingerprint density at radius 1 is 1.57 bits per heavy atom. The third-order valence-corrected chi connectivity index (χ3v) is 1.76. The smallest absolute Gasteiger partial charge is 0.221 e. The summed E-state index contributed by atoms with van der Waals surface area (Å²) in [5.41, 5.74) is 1.35. The molecule has 14 heavy (non-hydrogen) atoms. The number of hydrogen-bond acceptors (Lipinski definition) is 3. The van der Waals surface area contributed by atoms with Gasteiger partial charge in [0.05, 0.1) is 19.4 Å². The summed E-state index contributed by atoms with van der Waals surface area (Å²) in [6, 6.07) is 5.12. The predicted molar refractivity (Wildman–Crippen MR) is 53.2 cm³/mol. The van der Waals surface area contributed by atoms with Crippen molar-refractivity contribution in [2.24, 2.45) is 0 Å². The van der Waals surface area contributed by atoms with E-state index in [2.05, 4.69) is 5.32 Å². The van der Waals surface area contributed by atoms with Crippen molar-refractivity contribution in [1.29, 1.82) is 0 Å². The summed E-state index contributed by atoms with van der Waals surface area (Å²) in [6.07, 6.45) is 0. The van der Waals surface area contributed by atoms with E-state index in [1.165, 1.54) is 14.0 Å². The van der Waals surface area contributed by atoms with Crippen molar-refractivity contribution in [3.05, 3.63) is 23.8 Å². The quantitative estimate of drug-likeness (QED) is 0.760. The van der Waals surface area contributed by atoms with Gasteiger partial charge in [0.25, 0.3) is 0 Å². The molecule has 0 aliphatic rings. The molecule has 0 fully saturated rings. The Hall–Kier alpha value is -1.55. The summed E-state index contributed by atoms with van der Waals surface area (Å²) >= 11 is 0. The molecule has 76 valence electrons. The predicted octanol–water partition coefficient (Wildman–Crippen LogP) is 1.15. The lowest BCUT2D eigenvalue weighted by Gasteiger charge is -2.09. The number of aliphatic hydroxyl groups excluding tert-OH is 1. The molecule has 0 atom stereocenters. The highest BCUT2D eigenvalue weighted by Gasteiger charge is 2.04. The van der Waals surface area contributed by atoms with Crippen LogP contribution >= 0.6 is 0 Å². The number of hydrogen-bond donors (Lipinski definition) is 2. The maximum atomic E-state index is 10.8. The largest absolute Gasteiger partial charge is 0.495 e. The molecule has 0 saturated heterocycles. The molecule has 2 N–H and O–H groups in total. The standard InChI is InChI=1S/C10H13NO3/c1-7(13)11-9-4-3-8(6-12)5-10(9)14-2/h3-5,12H,6H2,1-2H3,(H,11,13). The summed E-state index contributed by atoms with van der Waals surface area (Å²) < 4.78 is 5.06. The average Bonchev–Trinajstić information content (AvgIpc) is 2.17. The Bertz CT molecular complexity index is 336. The van der Waals surface area contributed by atoms with Gasteiger partial charge in [-0.2, -0.15) is 0 Å². The van der Waals surface area contributed by atoms with Crippen molar-refractivity contribution >= 4 is 11.6 Å². The lowest BCUT2D eigenvalue weighted by atomic mass is 10.2. The highest BCUT2D eigenvalue weighted by molar-refractivity contribution is 5.90. The summed E-state index contributed by atoms with van der Waals surface area (Å²) in [5, 5.41) is 11.5. The van der Waals surface area contributed by atoms with Gasteiger partial charge < -0.3 is 15.2 Å². The van der Waals surface area contributed by atoms with Gasteiger partial charge in [0.1, 0.15) is 5.75 Å². The number of amides is 1. The van der Waals surface area contributed by atoms with E-state index in [0.29, 0.717) is 11.4 Å². The van der Waals surface area contributed by atoms with Crippen LogP contribution in [0.2, 0.25) is 0 Å². The van der Waals surface area contributed by atoms with E-state index < -0.39 is 0 Å². The monoisotopic (exact) mass is 195 g/mol. The molecule has 1 amide bonds. The molecule has 0 heterocycles. The number of rotatable bonds is 3. The molecule has 4 heteroatoms. The van der Waals surface area contributed by atoms with Crippen LogP contribution < -0.4 is 10.1 Å². The lowest BCUT2D eigenvalue weighted by molar-refractivity contribution is -0.114. The third-order valence-electron chi connectivity index (χ3n) is 1.76. The molecule has 0 aliphatic carbocycles. The van der Waals surface area contributed by atoms with Crippen molar-refractivity contribution in [2.45, 2.75) is 13.5 Å². The van der Waals surface area contributed by atoms with Crippen LogP contribution in [-0.4, -0.2) is 18.1 Å².